The van der Waals surface area contributed by atoms with Crippen LogP contribution in [0.5, 0.6) is 11.5 Å². The summed E-state index contributed by atoms with van der Waals surface area (Å²) in [7, 11) is 2.82. The third kappa shape index (κ3) is 4.69. The molecule has 0 saturated carbocycles. The van der Waals surface area contributed by atoms with Gasteiger partial charge >= 0.3 is 5.97 Å². The van der Waals surface area contributed by atoms with Crippen molar-refractivity contribution < 1.29 is 29.0 Å². The third-order valence-corrected chi connectivity index (χ3v) is 4.66. The minimum Gasteiger partial charge on any atom is -0.493 e. The lowest BCUT2D eigenvalue weighted by atomic mass is 9.95. The molecule has 1 aromatic rings. The molecule has 1 aliphatic heterocycles. The van der Waals surface area contributed by atoms with Crippen LogP contribution in [0.4, 0.5) is 5.69 Å². The second kappa shape index (κ2) is 8.75. The number of piperidine rings is 1. The number of benzene rings is 1. The highest BCUT2D eigenvalue weighted by atomic mass is 16.5. The topological polar surface area (TPSA) is 105 Å². The van der Waals surface area contributed by atoms with Crippen molar-refractivity contribution in [2.45, 2.75) is 26.7 Å². The molecule has 0 spiro atoms. The Hall–Kier alpha value is -2.77. The number of aromatic carboxylic acids is 1. The molecule has 0 bridgehead atoms. The van der Waals surface area contributed by atoms with Crippen molar-refractivity contribution in [3.8, 4) is 11.5 Å². The van der Waals surface area contributed by atoms with Crippen LogP contribution in [-0.2, 0) is 9.59 Å². The van der Waals surface area contributed by atoms with E-state index < -0.39 is 5.97 Å². The number of anilines is 1. The van der Waals surface area contributed by atoms with Gasteiger partial charge in [0.05, 0.1) is 25.5 Å². The van der Waals surface area contributed by atoms with E-state index in [2.05, 4.69) is 5.32 Å². The van der Waals surface area contributed by atoms with Crippen LogP contribution < -0.4 is 14.8 Å². The zero-order valence-corrected chi connectivity index (χ0v) is 16.1. The Morgan fingerprint density at radius 3 is 2.26 bits per heavy atom. The van der Waals surface area contributed by atoms with Crippen LogP contribution in [-0.4, -0.2) is 55.1 Å². The number of methoxy groups -OCH3 is 2. The molecule has 2 amide bonds. The quantitative estimate of drug-likeness (QED) is 0.786. The summed E-state index contributed by atoms with van der Waals surface area (Å²) in [5.41, 5.74) is 0.236. The smallest absolute Gasteiger partial charge is 0.335 e. The van der Waals surface area contributed by atoms with Crippen LogP contribution in [0.15, 0.2) is 12.1 Å². The predicted octanol–water partition coefficient (Wildman–Crippen LogP) is 2.24. The largest absolute Gasteiger partial charge is 0.493 e. The fourth-order valence-corrected chi connectivity index (χ4v) is 3.14. The van der Waals surface area contributed by atoms with Gasteiger partial charge in [-0.25, -0.2) is 4.79 Å². The minimum atomic E-state index is -1.13. The van der Waals surface area contributed by atoms with Crippen molar-refractivity contribution in [2.24, 2.45) is 11.8 Å². The molecule has 148 valence electrons. The molecule has 8 heteroatoms. The zero-order valence-electron chi connectivity index (χ0n) is 16.1. The zero-order chi connectivity index (χ0) is 20.1. The van der Waals surface area contributed by atoms with E-state index >= 15 is 0 Å². The lowest BCUT2D eigenvalue weighted by molar-refractivity contribution is -0.137. The molecule has 0 radical (unpaired) electrons. The number of nitrogens with zero attached hydrogens (tertiary/aromatic N) is 1. The van der Waals surface area contributed by atoms with Gasteiger partial charge in [0.2, 0.25) is 11.8 Å². The van der Waals surface area contributed by atoms with Gasteiger partial charge in [-0.05, 0) is 25.0 Å². The predicted molar refractivity (Wildman–Crippen MR) is 99.3 cm³/mol. The minimum absolute atomic E-state index is 0.0136. The molecule has 2 rings (SSSR count). The molecule has 2 N–H and O–H groups in total. The average Bonchev–Trinajstić information content (AvgIpc) is 2.66. The molecule has 0 aromatic heterocycles. The first-order chi connectivity index (χ1) is 12.8. The lowest BCUT2D eigenvalue weighted by Gasteiger charge is -2.32. The van der Waals surface area contributed by atoms with Crippen LogP contribution >= 0.6 is 0 Å². The van der Waals surface area contributed by atoms with Crippen LogP contribution in [0.3, 0.4) is 0 Å². The summed E-state index contributed by atoms with van der Waals surface area (Å²) in [6.45, 7) is 4.78. The summed E-state index contributed by atoms with van der Waals surface area (Å²) < 4.78 is 10.5. The van der Waals surface area contributed by atoms with Crippen molar-refractivity contribution >= 4 is 23.5 Å². The normalized spacial score (nSPS) is 14.8. The highest BCUT2D eigenvalue weighted by molar-refractivity contribution is 5.97. The molecule has 27 heavy (non-hydrogen) atoms. The van der Waals surface area contributed by atoms with Gasteiger partial charge < -0.3 is 24.8 Å². The number of carbonyl (C=O) groups excluding carboxylic acids is 2. The first kappa shape index (κ1) is 20.5. The summed E-state index contributed by atoms with van der Waals surface area (Å²) >= 11 is 0. The number of nitrogens with one attached hydrogen (secondary N) is 1. The number of hydrogen-bond donors (Lipinski definition) is 2. The van der Waals surface area contributed by atoms with E-state index in [9.17, 15) is 19.5 Å². The molecular weight excluding hydrogens is 352 g/mol. The number of rotatable bonds is 6. The van der Waals surface area contributed by atoms with E-state index in [1.807, 2.05) is 13.8 Å². The van der Waals surface area contributed by atoms with E-state index in [0.717, 1.165) is 0 Å². The molecule has 1 fully saturated rings. The number of ether oxygens (including phenoxy) is 2. The Bertz CT molecular complexity index is 723. The number of likely N-dealkylation sites (tertiary alicyclic amines) is 1. The SMILES string of the molecule is COc1cc(C(=O)O)cc(NC(=O)C2CCN(C(=O)C(C)C)CC2)c1OC. The standard InChI is InChI=1S/C19H26N2O6/c1-11(2)18(23)21-7-5-12(6-8-21)17(22)20-14-9-13(19(24)25)10-15(26-3)16(14)27-4/h9-12H,5-8H2,1-4H3,(H,20,22)(H,24,25). The molecule has 0 unspecified atom stereocenters. The number of hydrogen-bond acceptors (Lipinski definition) is 5. The Balaban J connectivity index is 2.13. The van der Waals surface area contributed by atoms with Gasteiger partial charge in [0, 0.05) is 24.9 Å². The van der Waals surface area contributed by atoms with E-state index in [4.69, 9.17) is 9.47 Å². The highest BCUT2D eigenvalue weighted by Gasteiger charge is 2.29. The van der Waals surface area contributed by atoms with Crippen LogP contribution in [0.2, 0.25) is 0 Å². The highest BCUT2D eigenvalue weighted by Crippen LogP contribution is 2.37. The fourth-order valence-electron chi connectivity index (χ4n) is 3.14. The number of carboxylic acid groups (broad SMARTS) is 1. The van der Waals surface area contributed by atoms with Crippen molar-refractivity contribution in [3.05, 3.63) is 17.7 Å². The lowest BCUT2D eigenvalue weighted by Crippen LogP contribution is -2.43. The summed E-state index contributed by atoms with van der Waals surface area (Å²) in [6.07, 6.45) is 1.12. The van der Waals surface area contributed by atoms with Gasteiger partial charge in [0.1, 0.15) is 0 Å². The summed E-state index contributed by atoms with van der Waals surface area (Å²) in [5.74, 6) is -1.10. The van der Waals surface area contributed by atoms with Crippen molar-refractivity contribution in [2.75, 3.05) is 32.6 Å². The molecule has 1 saturated heterocycles. The van der Waals surface area contributed by atoms with Gasteiger partial charge in [-0.15, -0.1) is 0 Å². The van der Waals surface area contributed by atoms with Crippen molar-refractivity contribution in [3.63, 3.8) is 0 Å². The monoisotopic (exact) mass is 378 g/mol. The van der Waals surface area contributed by atoms with Crippen molar-refractivity contribution in [1.29, 1.82) is 0 Å². The maximum Gasteiger partial charge on any atom is 0.335 e. The number of carboxylic acids is 1. The molecular formula is C19H26N2O6. The molecule has 1 aromatic carbocycles. The number of amides is 2. The summed E-state index contributed by atoms with van der Waals surface area (Å²) in [5, 5.41) is 12.0. The van der Waals surface area contributed by atoms with Gasteiger partial charge in [-0.1, -0.05) is 13.8 Å². The van der Waals surface area contributed by atoms with Gasteiger partial charge in [0.15, 0.2) is 11.5 Å². The van der Waals surface area contributed by atoms with E-state index in [1.165, 1.54) is 26.4 Å². The molecule has 8 nitrogen and oxygen atoms in total. The first-order valence-electron chi connectivity index (χ1n) is 8.87. The second-order valence-electron chi connectivity index (χ2n) is 6.81. The van der Waals surface area contributed by atoms with Gasteiger partial charge in [-0.2, -0.15) is 0 Å². The number of carbonyl (C=O) groups is 3. The molecule has 1 aliphatic rings. The third-order valence-electron chi connectivity index (χ3n) is 4.66. The van der Waals surface area contributed by atoms with Crippen LogP contribution in [0.1, 0.15) is 37.0 Å². The van der Waals surface area contributed by atoms with E-state index in [-0.39, 0.29) is 46.4 Å². The molecule has 0 aliphatic carbocycles. The van der Waals surface area contributed by atoms with Gasteiger partial charge in [-0.3, -0.25) is 9.59 Å². The van der Waals surface area contributed by atoms with E-state index in [1.54, 1.807) is 4.90 Å². The Labute approximate surface area is 158 Å². The maximum absolute atomic E-state index is 12.7. The Kier molecular flexibility index (Phi) is 6.65. The van der Waals surface area contributed by atoms with Gasteiger partial charge in [0.25, 0.3) is 0 Å². The Morgan fingerprint density at radius 2 is 1.78 bits per heavy atom. The average molecular weight is 378 g/mol. The second-order valence-corrected chi connectivity index (χ2v) is 6.81. The summed E-state index contributed by atoms with van der Waals surface area (Å²) in [4.78, 5) is 37.8. The fraction of sp³-hybridized carbons (Fsp3) is 0.526. The molecule has 1 heterocycles. The molecule has 0 atom stereocenters. The van der Waals surface area contributed by atoms with Crippen LogP contribution in [0, 0.1) is 11.8 Å². The Morgan fingerprint density at radius 1 is 1.15 bits per heavy atom. The van der Waals surface area contributed by atoms with Crippen molar-refractivity contribution in [1.82, 2.24) is 4.90 Å². The summed E-state index contributed by atoms with van der Waals surface area (Å²) in [6, 6.07) is 2.69. The first-order valence-corrected chi connectivity index (χ1v) is 8.87. The van der Waals surface area contributed by atoms with E-state index in [0.29, 0.717) is 25.9 Å². The maximum atomic E-state index is 12.7. The van der Waals surface area contributed by atoms with Crippen LogP contribution in [0.25, 0.3) is 0 Å².